The molecule has 0 aromatic carbocycles. The van der Waals surface area contributed by atoms with Gasteiger partial charge in [0.25, 0.3) is 0 Å². The SMILES string of the molecule is O=C1OCC2OC[C@@H]1O2. The van der Waals surface area contributed by atoms with Crippen LogP contribution in [0.2, 0.25) is 0 Å². The number of hydrogen-bond donors (Lipinski definition) is 0. The molecule has 0 saturated carbocycles. The lowest BCUT2D eigenvalue weighted by molar-refractivity contribution is -0.184. The summed E-state index contributed by atoms with van der Waals surface area (Å²) in [6.45, 7) is 0.596. The third kappa shape index (κ3) is 0.710. The Morgan fingerprint density at radius 3 is 3.11 bits per heavy atom. The van der Waals surface area contributed by atoms with E-state index in [0.29, 0.717) is 6.61 Å². The van der Waals surface area contributed by atoms with Crippen molar-refractivity contribution in [2.24, 2.45) is 0 Å². The van der Waals surface area contributed by atoms with Gasteiger partial charge in [-0.3, -0.25) is 0 Å². The van der Waals surface area contributed by atoms with Crippen molar-refractivity contribution in [3.05, 3.63) is 0 Å². The topological polar surface area (TPSA) is 44.8 Å². The van der Waals surface area contributed by atoms with Crippen LogP contribution in [0.15, 0.2) is 0 Å². The largest absolute Gasteiger partial charge is 0.458 e. The van der Waals surface area contributed by atoms with Crippen molar-refractivity contribution in [1.29, 1.82) is 0 Å². The average Bonchev–Trinajstić information content (AvgIpc) is 2.25. The van der Waals surface area contributed by atoms with E-state index in [1.807, 2.05) is 0 Å². The van der Waals surface area contributed by atoms with E-state index in [9.17, 15) is 4.79 Å². The van der Waals surface area contributed by atoms with Gasteiger partial charge in [-0.15, -0.1) is 0 Å². The van der Waals surface area contributed by atoms with Gasteiger partial charge < -0.3 is 14.2 Å². The third-order valence-corrected chi connectivity index (χ3v) is 1.37. The van der Waals surface area contributed by atoms with Crippen LogP contribution in [0, 0.1) is 0 Å². The highest BCUT2D eigenvalue weighted by molar-refractivity contribution is 5.75. The zero-order chi connectivity index (χ0) is 6.27. The van der Waals surface area contributed by atoms with Gasteiger partial charge in [-0.25, -0.2) is 4.79 Å². The van der Waals surface area contributed by atoms with E-state index in [1.165, 1.54) is 0 Å². The summed E-state index contributed by atoms with van der Waals surface area (Å²) in [7, 11) is 0. The standard InChI is InChI=1S/C5H6O4/c6-5-3-1-7-4(9-3)2-8-5/h3-4H,1-2H2/t3-,4?/m0/s1. The van der Waals surface area contributed by atoms with E-state index in [2.05, 4.69) is 4.74 Å². The van der Waals surface area contributed by atoms with Crippen LogP contribution in [0.4, 0.5) is 0 Å². The second kappa shape index (κ2) is 1.68. The van der Waals surface area contributed by atoms with Crippen LogP contribution in [0.1, 0.15) is 0 Å². The van der Waals surface area contributed by atoms with E-state index in [4.69, 9.17) is 9.47 Å². The molecule has 0 aromatic heterocycles. The maximum Gasteiger partial charge on any atom is 0.338 e. The fourth-order valence-corrected chi connectivity index (χ4v) is 0.911. The lowest BCUT2D eigenvalue weighted by Gasteiger charge is -2.16. The number of carbonyl (C=O) groups excluding carboxylic acids is 1. The van der Waals surface area contributed by atoms with Crippen LogP contribution in [0.3, 0.4) is 0 Å². The summed E-state index contributed by atoms with van der Waals surface area (Å²) in [6.07, 6.45) is -0.753. The molecule has 4 nitrogen and oxygen atoms in total. The smallest absolute Gasteiger partial charge is 0.338 e. The highest BCUT2D eigenvalue weighted by atomic mass is 16.8. The van der Waals surface area contributed by atoms with Crippen LogP contribution in [0.25, 0.3) is 0 Å². The number of hydrogen-bond acceptors (Lipinski definition) is 4. The molecule has 0 aromatic rings. The maximum absolute atomic E-state index is 10.6. The van der Waals surface area contributed by atoms with Crippen LogP contribution in [-0.2, 0) is 19.0 Å². The van der Waals surface area contributed by atoms with Gasteiger partial charge in [0.1, 0.15) is 6.61 Å². The van der Waals surface area contributed by atoms with Crippen molar-refractivity contribution in [2.75, 3.05) is 13.2 Å². The first-order chi connectivity index (χ1) is 4.36. The molecule has 2 rings (SSSR count). The predicted octanol–water partition coefficient (Wildman–Crippen LogP) is -0.715. The molecule has 50 valence electrons. The molecule has 2 aliphatic heterocycles. The zero-order valence-electron chi connectivity index (χ0n) is 4.70. The summed E-state index contributed by atoms with van der Waals surface area (Å²) in [5.41, 5.74) is 0. The van der Waals surface area contributed by atoms with Crippen LogP contribution < -0.4 is 0 Å². The molecule has 2 atom stereocenters. The van der Waals surface area contributed by atoms with Gasteiger partial charge in [0.2, 0.25) is 0 Å². The van der Waals surface area contributed by atoms with Crippen molar-refractivity contribution in [3.63, 3.8) is 0 Å². The van der Waals surface area contributed by atoms with Gasteiger partial charge in [-0.2, -0.15) is 0 Å². The molecule has 9 heavy (non-hydrogen) atoms. The Morgan fingerprint density at radius 2 is 2.33 bits per heavy atom. The van der Waals surface area contributed by atoms with Gasteiger partial charge in [0, 0.05) is 0 Å². The first-order valence-corrected chi connectivity index (χ1v) is 2.80. The molecule has 2 saturated heterocycles. The van der Waals surface area contributed by atoms with Crippen LogP contribution in [-0.4, -0.2) is 31.6 Å². The Bertz CT molecular complexity index is 144. The van der Waals surface area contributed by atoms with Gasteiger partial charge in [0.15, 0.2) is 12.4 Å². The lowest BCUT2D eigenvalue weighted by Crippen LogP contribution is -2.33. The zero-order valence-corrected chi connectivity index (χ0v) is 4.70. The van der Waals surface area contributed by atoms with E-state index in [0.717, 1.165) is 0 Å². The van der Waals surface area contributed by atoms with Crippen molar-refractivity contribution >= 4 is 5.97 Å². The minimum Gasteiger partial charge on any atom is -0.458 e. The minimum absolute atomic E-state index is 0.245. The van der Waals surface area contributed by atoms with Gasteiger partial charge in [-0.05, 0) is 0 Å². The molecule has 0 amide bonds. The number of esters is 1. The highest BCUT2D eigenvalue weighted by Gasteiger charge is 2.38. The number of fused-ring (bicyclic) bond motifs is 2. The minimum atomic E-state index is -0.455. The first-order valence-electron chi connectivity index (χ1n) is 2.80. The normalized spacial score (nSPS) is 40.7. The average molecular weight is 130 g/mol. The van der Waals surface area contributed by atoms with E-state index in [1.54, 1.807) is 0 Å². The molecule has 2 fully saturated rings. The molecule has 1 unspecified atom stereocenters. The van der Waals surface area contributed by atoms with Gasteiger partial charge in [0.05, 0.1) is 6.61 Å². The van der Waals surface area contributed by atoms with Crippen molar-refractivity contribution < 1.29 is 19.0 Å². The van der Waals surface area contributed by atoms with Crippen LogP contribution in [0.5, 0.6) is 0 Å². The lowest BCUT2D eigenvalue weighted by atomic mass is 10.4. The van der Waals surface area contributed by atoms with E-state index >= 15 is 0 Å². The van der Waals surface area contributed by atoms with Crippen molar-refractivity contribution in [1.82, 2.24) is 0 Å². The fraction of sp³-hybridized carbons (Fsp3) is 0.800. The summed E-state index contributed by atoms with van der Waals surface area (Å²) in [4.78, 5) is 10.6. The Labute approximate surface area is 51.7 Å². The van der Waals surface area contributed by atoms with Crippen LogP contribution >= 0.6 is 0 Å². The Kier molecular flexibility index (Phi) is 0.972. The Morgan fingerprint density at radius 1 is 1.44 bits per heavy atom. The number of cyclic esters (lactones) is 1. The monoisotopic (exact) mass is 130 g/mol. The quantitative estimate of drug-likeness (QED) is 0.406. The molecule has 2 bridgehead atoms. The molecule has 0 N–H and O–H groups in total. The predicted molar refractivity (Wildman–Crippen MR) is 25.6 cm³/mol. The molecular formula is C5H6O4. The molecule has 0 radical (unpaired) electrons. The van der Waals surface area contributed by atoms with Gasteiger partial charge in [-0.1, -0.05) is 0 Å². The molecule has 2 heterocycles. The first kappa shape index (κ1) is 5.20. The maximum atomic E-state index is 10.6. The summed E-state index contributed by atoms with van der Waals surface area (Å²) >= 11 is 0. The Balaban J connectivity index is 2.14. The summed E-state index contributed by atoms with van der Waals surface area (Å²) in [6, 6.07) is 0. The summed E-state index contributed by atoms with van der Waals surface area (Å²) in [5.74, 6) is -0.302. The van der Waals surface area contributed by atoms with E-state index in [-0.39, 0.29) is 18.9 Å². The number of rotatable bonds is 0. The molecule has 4 heteroatoms. The molecule has 2 aliphatic rings. The highest BCUT2D eigenvalue weighted by Crippen LogP contribution is 2.17. The fourth-order valence-electron chi connectivity index (χ4n) is 0.911. The number of ether oxygens (including phenoxy) is 3. The third-order valence-electron chi connectivity index (χ3n) is 1.37. The van der Waals surface area contributed by atoms with Gasteiger partial charge >= 0.3 is 5.97 Å². The molecular weight excluding hydrogens is 124 g/mol. The molecule has 0 aliphatic carbocycles. The van der Waals surface area contributed by atoms with Crippen molar-refractivity contribution in [2.45, 2.75) is 12.4 Å². The second-order valence-corrected chi connectivity index (χ2v) is 2.02. The van der Waals surface area contributed by atoms with E-state index < -0.39 is 6.10 Å². The number of carbonyl (C=O) groups is 1. The Hall–Kier alpha value is -0.610. The molecule has 0 spiro atoms. The second-order valence-electron chi connectivity index (χ2n) is 2.02. The summed E-state index contributed by atoms with van der Waals surface area (Å²) < 4.78 is 14.7. The van der Waals surface area contributed by atoms with Crippen molar-refractivity contribution in [3.8, 4) is 0 Å². The summed E-state index contributed by atoms with van der Waals surface area (Å²) in [5, 5.41) is 0.